The van der Waals surface area contributed by atoms with E-state index in [1.807, 2.05) is 34.6 Å². The van der Waals surface area contributed by atoms with Crippen LogP contribution in [0.4, 0.5) is 5.69 Å². The third kappa shape index (κ3) is 5.43. The van der Waals surface area contributed by atoms with Gasteiger partial charge in [-0.25, -0.2) is 4.99 Å². The van der Waals surface area contributed by atoms with Crippen LogP contribution in [0.5, 0.6) is 0 Å². The fraction of sp³-hybridized carbons (Fsp3) is 0.474. The van der Waals surface area contributed by atoms with Crippen molar-refractivity contribution < 1.29 is 4.79 Å². The Morgan fingerprint density at radius 1 is 1.25 bits per heavy atom. The first-order valence-corrected chi connectivity index (χ1v) is 9.50. The zero-order chi connectivity index (χ0) is 19.1. The van der Waals surface area contributed by atoms with E-state index >= 15 is 0 Å². The zero-order valence-electron chi connectivity index (χ0n) is 16.4. The Hall–Kier alpha value is -2.17. The molecule has 0 fully saturated rings. The van der Waals surface area contributed by atoms with Crippen molar-refractivity contribution in [2.24, 2.45) is 4.99 Å². The minimum atomic E-state index is 0. The first kappa shape index (κ1) is 22.1. The van der Waals surface area contributed by atoms with Crippen LogP contribution in [0.1, 0.15) is 25.2 Å². The van der Waals surface area contributed by atoms with Crippen LogP contribution in [-0.4, -0.2) is 52.8 Å². The Morgan fingerprint density at radius 3 is 2.86 bits per heavy atom. The lowest BCUT2D eigenvalue weighted by Gasteiger charge is -2.17. The molecule has 0 bridgehead atoms. The molecule has 2 N–H and O–H groups in total. The average molecular weight is 497 g/mol. The molecule has 152 valence electrons. The van der Waals surface area contributed by atoms with E-state index in [-0.39, 0.29) is 36.4 Å². The Kier molecular flexibility index (Phi) is 8.68. The minimum absolute atomic E-state index is 0. The lowest BCUT2D eigenvalue weighted by molar-refractivity contribution is -0.117. The van der Waals surface area contributed by atoms with Gasteiger partial charge in [0.05, 0.1) is 0 Å². The fourth-order valence-electron chi connectivity index (χ4n) is 3.21. The van der Waals surface area contributed by atoms with Crippen molar-refractivity contribution in [3.63, 3.8) is 0 Å². The summed E-state index contributed by atoms with van der Waals surface area (Å²) >= 11 is 0. The molecule has 1 aliphatic heterocycles. The number of rotatable bonds is 7. The maximum Gasteiger partial charge on any atom is 0.248 e. The van der Waals surface area contributed by atoms with E-state index < -0.39 is 0 Å². The number of hydrogen-bond donors (Lipinski definition) is 2. The SMILES string of the molecule is CCNC(=NCC(=O)N1CCc2ccccc21)NCCn1cnnc1CC.I. The largest absolute Gasteiger partial charge is 0.357 e. The van der Waals surface area contributed by atoms with E-state index in [0.717, 1.165) is 44.0 Å². The first-order valence-electron chi connectivity index (χ1n) is 9.50. The van der Waals surface area contributed by atoms with Crippen molar-refractivity contribution in [1.29, 1.82) is 0 Å². The number of amides is 1. The number of aliphatic imine (C=N–C) groups is 1. The van der Waals surface area contributed by atoms with Gasteiger partial charge in [-0.05, 0) is 25.0 Å². The highest BCUT2D eigenvalue weighted by atomic mass is 127. The molecular formula is C19H28IN7O. The topological polar surface area (TPSA) is 87.4 Å². The van der Waals surface area contributed by atoms with Gasteiger partial charge < -0.3 is 20.1 Å². The van der Waals surface area contributed by atoms with Crippen molar-refractivity contribution in [1.82, 2.24) is 25.4 Å². The molecule has 0 aliphatic carbocycles. The average Bonchev–Trinajstić information content (AvgIpc) is 3.32. The Bertz CT molecular complexity index is 805. The quantitative estimate of drug-likeness (QED) is 0.345. The summed E-state index contributed by atoms with van der Waals surface area (Å²) in [6.07, 6.45) is 3.49. The molecule has 8 nitrogen and oxygen atoms in total. The van der Waals surface area contributed by atoms with Crippen molar-refractivity contribution in [2.75, 3.05) is 31.1 Å². The van der Waals surface area contributed by atoms with E-state index in [0.29, 0.717) is 12.5 Å². The van der Waals surface area contributed by atoms with Crippen LogP contribution in [0.15, 0.2) is 35.6 Å². The molecule has 0 saturated carbocycles. The molecule has 9 heteroatoms. The number of anilines is 1. The molecule has 0 unspecified atom stereocenters. The van der Waals surface area contributed by atoms with Crippen LogP contribution < -0.4 is 15.5 Å². The van der Waals surface area contributed by atoms with Gasteiger partial charge in [0.2, 0.25) is 5.91 Å². The summed E-state index contributed by atoms with van der Waals surface area (Å²) in [4.78, 5) is 18.9. The molecule has 3 rings (SSSR count). The van der Waals surface area contributed by atoms with Crippen LogP contribution in [0, 0.1) is 0 Å². The molecule has 28 heavy (non-hydrogen) atoms. The highest BCUT2D eigenvalue weighted by Crippen LogP contribution is 2.27. The molecule has 0 atom stereocenters. The number of nitrogens with zero attached hydrogens (tertiary/aromatic N) is 5. The third-order valence-electron chi connectivity index (χ3n) is 4.56. The van der Waals surface area contributed by atoms with Gasteiger partial charge in [0.25, 0.3) is 0 Å². The second-order valence-corrected chi connectivity index (χ2v) is 6.34. The number of benzene rings is 1. The maximum atomic E-state index is 12.6. The smallest absolute Gasteiger partial charge is 0.248 e. The lowest BCUT2D eigenvalue weighted by atomic mass is 10.2. The summed E-state index contributed by atoms with van der Waals surface area (Å²) in [7, 11) is 0. The second-order valence-electron chi connectivity index (χ2n) is 6.34. The Balaban J connectivity index is 0.00000280. The van der Waals surface area contributed by atoms with Gasteiger partial charge in [0.15, 0.2) is 5.96 Å². The predicted octanol–water partition coefficient (Wildman–Crippen LogP) is 1.60. The molecule has 0 saturated heterocycles. The highest BCUT2D eigenvalue weighted by molar-refractivity contribution is 14.0. The number of carbonyl (C=O) groups excluding carboxylic acids is 1. The first-order chi connectivity index (χ1) is 13.2. The minimum Gasteiger partial charge on any atom is -0.357 e. The van der Waals surface area contributed by atoms with E-state index in [2.05, 4.69) is 38.8 Å². The monoisotopic (exact) mass is 497 g/mol. The molecule has 1 aromatic heterocycles. The molecule has 2 aromatic rings. The Labute approximate surface area is 182 Å². The van der Waals surface area contributed by atoms with Crippen LogP contribution in [0.2, 0.25) is 0 Å². The molecular weight excluding hydrogens is 469 g/mol. The number of halogens is 1. The second kappa shape index (κ2) is 11.0. The van der Waals surface area contributed by atoms with Crippen molar-refractivity contribution in [3.05, 3.63) is 42.0 Å². The molecule has 1 aliphatic rings. The van der Waals surface area contributed by atoms with Crippen LogP contribution in [0.25, 0.3) is 0 Å². The summed E-state index contributed by atoms with van der Waals surface area (Å²) in [5.74, 6) is 1.62. The normalized spacial score (nSPS) is 13.1. The maximum absolute atomic E-state index is 12.6. The number of aryl methyl sites for hydroxylation is 1. The molecule has 0 spiro atoms. The van der Waals surface area contributed by atoms with E-state index in [9.17, 15) is 4.79 Å². The fourth-order valence-corrected chi connectivity index (χ4v) is 3.21. The number of para-hydroxylation sites is 1. The van der Waals surface area contributed by atoms with Crippen molar-refractivity contribution in [2.45, 2.75) is 33.2 Å². The summed E-state index contributed by atoms with van der Waals surface area (Å²) in [6.45, 7) is 7.07. The lowest BCUT2D eigenvalue weighted by Crippen LogP contribution is -2.40. The summed E-state index contributed by atoms with van der Waals surface area (Å²) in [5.41, 5.74) is 2.23. The summed E-state index contributed by atoms with van der Waals surface area (Å²) in [6, 6.07) is 8.05. The van der Waals surface area contributed by atoms with Gasteiger partial charge in [-0.15, -0.1) is 34.2 Å². The molecule has 1 amide bonds. The zero-order valence-corrected chi connectivity index (χ0v) is 18.7. The van der Waals surface area contributed by atoms with Gasteiger partial charge in [0, 0.05) is 38.3 Å². The number of aromatic nitrogens is 3. The van der Waals surface area contributed by atoms with Crippen molar-refractivity contribution in [3.8, 4) is 0 Å². The van der Waals surface area contributed by atoms with Gasteiger partial charge in [-0.3, -0.25) is 4.79 Å². The number of fused-ring (bicyclic) bond motifs is 1. The standard InChI is InChI=1S/C19H27N7O.HI/c1-3-17-24-23-14-25(17)12-10-21-19(20-4-2)22-13-18(27)26-11-9-15-7-5-6-8-16(15)26;/h5-8,14H,3-4,9-13H2,1-2H3,(H2,20,21,22);1H. The van der Waals surface area contributed by atoms with Crippen molar-refractivity contribution >= 4 is 41.5 Å². The Morgan fingerprint density at radius 2 is 2.07 bits per heavy atom. The van der Waals surface area contributed by atoms with E-state index in [1.54, 1.807) is 6.33 Å². The number of nitrogens with one attached hydrogen (secondary N) is 2. The highest BCUT2D eigenvalue weighted by Gasteiger charge is 2.23. The summed E-state index contributed by atoms with van der Waals surface area (Å²) < 4.78 is 2.02. The summed E-state index contributed by atoms with van der Waals surface area (Å²) in [5, 5.41) is 14.5. The molecule has 0 radical (unpaired) electrons. The van der Waals surface area contributed by atoms with E-state index in [1.165, 1.54) is 5.56 Å². The number of carbonyl (C=O) groups is 1. The van der Waals surface area contributed by atoms with Crippen LogP contribution in [0.3, 0.4) is 0 Å². The molecule has 1 aromatic carbocycles. The van der Waals surface area contributed by atoms with E-state index in [4.69, 9.17) is 0 Å². The van der Waals surface area contributed by atoms with Crippen LogP contribution in [-0.2, 0) is 24.2 Å². The number of hydrogen-bond acceptors (Lipinski definition) is 4. The van der Waals surface area contributed by atoms with Gasteiger partial charge in [-0.1, -0.05) is 25.1 Å². The van der Waals surface area contributed by atoms with Gasteiger partial charge in [-0.2, -0.15) is 0 Å². The number of guanidine groups is 1. The predicted molar refractivity (Wildman–Crippen MR) is 121 cm³/mol. The third-order valence-corrected chi connectivity index (χ3v) is 4.56. The van der Waals surface area contributed by atoms with Crippen LogP contribution >= 0.6 is 24.0 Å². The van der Waals surface area contributed by atoms with Gasteiger partial charge >= 0.3 is 0 Å². The molecule has 2 heterocycles. The van der Waals surface area contributed by atoms with Gasteiger partial charge in [0.1, 0.15) is 18.7 Å².